The van der Waals surface area contributed by atoms with Gasteiger partial charge in [-0.05, 0) is 38.8 Å². The molecule has 0 saturated carbocycles. The van der Waals surface area contributed by atoms with E-state index >= 15 is 0 Å². The van der Waals surface area contributed by atoms with Crippen molar-refractivity contribution >= 4 is 23.6 Å². The number of furan rings is 1. The van der Waals surface area contributed by atoms with E-state index in [0.717, 1.165) is 6.42 Å². The first kappa shape index (κ1) is 24.3. The fourth-order valence-corrected chi connectivity index (χ4v) is 4.68. The third-order valence-corrected chi connectivity index (χ3v) is 6.83. The summed E-state index contributed by atoms with van der Waals surface area (Å²) in [7, 11) is 0. The van der Waals surface area contributed by atoms with Gasteiger partial charge in [0, 0.05) is 39.3 Å². The average Bonchev–Trinajstić information content (AvgIpc) is 3.58. The summed E-state index contributed by atoms with van der Waals surface area (Å²) >= 11 is 0. The number of halogens is 3. The molecule has 5 heterocycles. The molecule has 0 spiro atoms. The Balaban J connectivity index is 1.28. The van der Waals surface area contributed by atoms with Crippen LogP contribution in [0.4, 0.5) is 25.1 Å². The minimum absolute atomic E-state index is 0.0815. The highest BCUT2D eigenvalue weighted by molar-refractivity contribution is 5.85. The number of carbonyl (C=O) groups excluding carboxylic acids is 1. The number of amides is 1. The first-order chi connectivity index (χ1) is 17.0. The Morgan fingerprint density at radius 1 is 1.14 bits per heavy atom. The SMILES string of the molecule is CC(C)(CN1CCN(C(=O)[C@@H]2CCCN2c2nc(N)n3nc(-c4ccco4)nc3n2)CC1)C(F)(F)F. The quantitative estimate of drug-likeness (QED) is 0.553. The Morgan fingerprint density at radius 3 is 2.56 bits per heavy atom. The van der Waals surface area contributed by atoms with Crippen LogP contribution >= 0.6 is 0 Å². The van der Waals surface area contributed by atoms with Crippen LogP contribution in [0.3, 0.4) is 0 Å². The number of carbonyl (C=O) groups is 1. The molecule has 2 saturated heterocycles. The van der Waals surface area contributed by atoms with Crippen molar-refractivity contribution in [3.63, 3.8) is 0 Å². The number of hydrogen-bond acceptors (Lipinski definition) is 9. The van der Waals surface area contributed by atoms with Gasteiger partial charge in [-0.3, -0.25) is 9.69 Å². The molecule has 3 aromatic heterocycles. The van der Waals surface area contributed by atoms with Crippen molar-refractivity contribution in [2.45, 2.75) is 38.9 Å². The maximum Gasteiger partial charge on any atom is 0.395 e. The van der Waals surface area contributed by atoms with E-state index in [-0.39, 0.29) is 24.2 Å². The van der Waals surface area contributed by atoms with E-state index < -0.39 is 17.6 Å². The molecule has 0 bridgehead atoms. The second-order valence-electron chi connectivity index (χ2n) is 9.84. The number of nitrogens with two attached hydrogens (primary N) is 1. The van der Waals surface area contributed by atoms with Crippen molar-refractivity contribution in [1.82, 2.24) is 34.4 Å². The molecule has 5 rings (SSSR count). The monoisotopic (exact) mass is 507 g/mol. The van der Waals surface area contributed by atoms with Gasteiger partial charge in [0.15, 0.2) is 5.76 Å². The van der Waals surface area contributed by atoms with Crippen LogP contribution < -0.4 is 10.6 Å². The molecular formula is C22H28F3N9O2. The fraction of sp³-hybridized carbons (Fsp3) is 0.591. The Hall–Kier alpha value is -3.42. The van der Waals surface area contributed by atoms with Crippen molar-refractivity contribution in [2.24, 2.45) is 5.41 Å². The Kier molecular flexibility index (Phi) is 6.01. The lowest BCUT2D eigenvalue weighted by molar-refractivity contribution is -0.217. The summed E-state index contributed by atoms with van der Waals surface area (Å²) in [4.78, 5) is 31.9. The van der Waals surface area contributed by atoms with E-state index in [1.54, 1.807) is 21.9 Å². The molecule has 2 aliphatic rings. The average molecular weight is 508 g/mol. The zero-order valence-corrected chi connectivity index (χ0v) is 20.1. The van der Waals surface area contributed by atoms with Crippen LogP contribution in [0.5, 0.6) is 0 Å². The van der Waals surface area contributed by atoms with Crippen LogP contribution in [0, 0.1) is 5.41 Å². The zero-order chi connectivity index (χ0) is 25.7. The molecule has 0 radical (unpaired) electrons. The summed E-state index contributed by atoms with van der Waals surface area (Å²) in [6, 6.07) is 2.97. The predicted molar refractivity (Wildman–Crippen MR) is 124 cm³/mol. The summed E-state index contributed by atoms with van der Waals surface area (Å²) in [5, 5.41) is 4.29. The van der Waals surface area contributed by atoms with Crippen LogP contribution in [-0.4, -0.2) is 91.8 Å². The molecule has 14 heteroatoms. The first-order valence-electron chi connectivity index (χ1n) is 11.8. The van der Waals surface area contributed by atoms with Crippen LogP contribution in [-0.2, 0) is 4.79 Å². The lowest BCUT2D eigenvalue weighted by Crippen LogP contribution is -2.56. The molecule has 1 atom stereocenters. The summed E-state index contributed by atoms with van der Waals surface area (Å²) in [6.07, 6.45) is -1.37. The number of aromatic nitrogens is 5. The molecule has 0 aliphatic carbocycles. The molecule has 11 nitrogen and oxygen atoms in total. The summed E-state index contributed by atoms with van der Waals surface area (Å²) in [5.41, 5.74) is 4.31. The van der Waals surface area contributed by atoms with E-state index in [2.05, 4.69) is 20.1 Å². The number of nitrogen functional groups attached to an aromatic ring is 1. The number of nitrogens with zero attached hydrogens (tertiary/aromatic N) is 8. The fourth-order valence-electron chi connectivity index (χ4n) is 4.68. The highest BCUT2D eigenvalue weighted by atomic mass is 19.4. The van der Waals surface area contributed by atoms with Crippen molar-refractivity contribution in [1.29, 1.82) is 0 Å². The molecule has 2 N–H and O–H groups in total. The van der Waals surface area contributed by atoms with Crippen molar-refractivity contribution in [3.8, 4) is 11.6 Å². The van der Waals surface area contributed by atoms with E-state index in [4.69, 9.17) is 10.2 Å². The number of rotatable bonds is 5. The van der Waals surface area contributed by atoms with Crippen molar-refractivity contribution in [3.05, 3.63) is 18.4 Å². The minimum Gasteiger partial charge on any atom is -0.461 e. The summed E-state index contributed by atoms with van der Waals surface area (Å²) in [5.74, 6) is 1.32. The third-order valence-electron chi connectivity index (χ3n) is 6.83. The summed E-state index contributed by atoms with van der Waals surface area (Å²) < 4.78 is 46.5. The van der Waals surface area contributed by atoms with Crippen LogP contribution in [0.2, 0.25) is 0 Å². The van der Waals surface area contributed by atoms with Gasteiger partial charge in [0.05, 0.1) is 11.7 Å². The highest BCUT2D eigenvalue weighted by Gasteiger charge is 2.48. The summed E-state index contributed by atoms with van der Waals surface area (Å²) in [6.45, 7) is 4.41. The number of fused-ring (bicyclic) bond motifs is 1. The molecule has 36 heavy (non-hydrogen) atoms. The van der Waals surface area contributed by atoms with Crippen molar-refractivity contribution in [2.75, 3.05) is 49.9 Å². The third kappa shape index (κ3) is 4.45. The van der Waals surface area contributed by atoms with Gasteiger partial charge in [0.25, 0.3) is 5.78 Å². The van der Waals surface area contributed by atoms with Gasteiger partial charge in [-0.15, -0.1) is 5.10 Å². The number of hydrogen-bond donors (Lipinski definition) is 1. The number of piperazine rings is 1. The van der Waals surface area contributed by atoms with Gasteiger partial charge in [-0.25, -0.2) is 0 Å². The highest BCUT2D eigenvalue weighted by Crippen LogP contribution is 2.38. The molecule has 3 aromatic rings. The lowest BCUT2D eigenvalue weighted by Gasteiger charge is -2.40. The van der Waals surface area contributed by atoms with Crippen LogP contribution in [0.15, 0.2) is 22.8 Å². The molecule has 1 amide bonds. The maximum absolute atomic E-state index is 13.4. The zero-order valence-electron chi connectivity index (χ0n) is 20.1. The maximum atomic E-state index is 13.4. The topological polar surface area (TPSA) is 122 Å². The van der Waals surface area contributed by atoms with Gasteiger partial charge in [0.1, 0.15) is 6.04 Å². The molecule has 2 aliphatic heterocycles. The minimum atomic E-state index is -4.28. The van der Waals surface area contributed by atoms with Gasteiger partial charge in [-0.1, -0.05) is 0 Å². The molecule has 2 fully saturated rings. The second-order valence-corrected chi connectivity index (χ2v) is 9.84. The Bertz CT molecular complexity index is 1230. The second kappa shape index (κ2) is 8.91. The molecule has 0 unspecified atom stereocenters. The lowest BCUT2D eigenvalue weighted by atomic mass is 9.91. The first-order valence-corrected chi connectivity index (χ1v) is 11.8. The van der Waals surface area contributed by atoms with Crippen molar-refractivity contribution < 1.29 is 22.4 Å². The van der Waals surface area contributed by atoms with Gasteiger partial charge in [0.2, 0.25) is 23.6 Å². The standard InChI is InChI=1S/C22H28F3N9O2/c1-21(2,22(23,24)25)13-31-8-10-32(11-9-31)17(35)14-5-3-7-33(14)19-28-18(26)34-20(29-19)27-16(30-34)15-6-4-12-36-15/h4,6,12,14H,3,5,7-11,13H2,1-2H3,(H2,26,27,28,29,30)/t14-/m0/s1. The predicted octanol–water partition coefficient (Wildman–Crippen LogP) is 2.06. The largest absolute Gasteiger partial charge is 0.461 e. The van der Waals surface area contributed by atoms with E-state index in [9.17, 15) is 18.0 Å². The Labute approximate surface area is 205 Å². The van der Waals surface area contributed by atoms with E-state index in [0.29, 0.717) is 56.7 Å². The van der Waals surface area contributed by atoms with Crippen LogP contribution in [0.1, 0.15) is 26.7 Å². The number of alkyl halides is 3. The normalized spacial score (nSPS) is 20.0. The van der Waals surface area contributed by atoms with Gasteiger partial charge >= 0.3 is 6.18 Å². The van der Waals surface area contributed by atoms with Gasteiger partial charge in [-0.2, -0.15) is 32.6 Å². The molecule has 194 valence electrons. The number of anilines is 2. The Morgan fingerprint density at radius 2 is 1.89 bits per heavy atom. The van der Waals surface area contributed by atoms with E-state index in [1.165, 1.54) is 24.6 Å². The van der Waals surface area contributed by atoms with E-state index in [1.807, 2.05) is 4.90 Å². The smallest absolute Gasteiger partial charge is 0.395 e. The van der Waals surface area contributed by atoms with Gasteiger partial charge < -0.3 is 20.0 Å². The molecular weight excluding hydrogens is 479 g/mol. The molecule has 0 aromatic carbocycles. The van der Waals surface area contributed by atoms with Crippen LogP contribution in [0.25, 0.3) is 17.4 Å².